The van der Waals surface area contributed by atoms with Gasteiger partial charge in [0.05, 0.1) is 5.54 Å². The van der Waals surface area contributed by atoms with Crippen LogP contribution in [-0.2, 0) is 27.0 Å². The molecule has 57 heavy (non-hydrogen) atoms. The summed E-state index contributed by atoms with van der Waals surface area (Å²) in [7, 11) is 1.78. The molecule has 2 heterocycles. The third-order valence-electron chi connectivity index (χ3n) is 8.52. The van der Waals surface area contributed by atoms with Crippen molar-refractivity contribution >= 4 is 58.6 Å². The molecule has 6 N–H and O–H groups in total. The highest BCUT2D eigenvalue weighted by Gasteiger charge is 2.45. The third-order valence-corrected chi connectivity index (χ3v) is 8.77. The van der Waals surface area contributed by atoms with Gasteiger partial charge in [0, 0.05) is 41.1 Å². The van der Waals surface area contributed by atoms with Gasteiger partial charge in [-0.3, -0.25) is 14.4 Å². The Morgan fingerprint density at radius 2 is 1.58 bits per heavy atom. The number of aryl methyl sites for hydroxylation is 1. The van der Waals surface area contributed by atoms with Gasteiger partial charge in [0.15, 0.2) is 12.4 Å². The van der Waals surface area contributed by atoms with Gasteiger partial charge >= 0.3 is 30.0 Å². The zero-order valence-electron chi connectivity index (χ0n) is 29.8. The average Bonchev–Trinajstić information content (AvgIpc) is 3.82. The molecule has 1 fully saturated rings. The smallest absolute Gasteiger partial charge is 0.422 e. The maximum absolute atomic E-state index is 13.0. The van der Waals surface area contributed by atoms with Crippen molar-refractivity contribution in [2.75, 3.05) is 29.1 Å². The van der Waals surface area contributed by atoms with Crippen molar-refractivity contribution in [1.82, 2.24) is 40.3 Å². The van der Waals surface area contributed by atoms with Crippen molar-refractivity contribution in [3.05, 3.63) is 95.3 Å². The Labute approximate surface area is 326 Å². The van der Waals surface area contributed by atoms with Crippen molar-refractivity contribution in [3.8, 4) is 17.4 Å². The molecule has 2 aromatic heterocycles. The Balaban J connectivity index is 1.03. The van der Waals surface area contributed by atoms with E-state index in [9.17, 15) is 37.5 Å². The Morgan fingerprint density at radius 3 is 2.19 bits per heavy atom. The summed E-state index contributed by atoms with van der Waals surface area (Å²) in [5.74, 6) is -3.73. The molecule has 5 aromatic rings. The molecule has 0 radical (unpaired) electrons. The summed E-state index contributed by atoms with van der Waals surface area (Å²) in [4.78, 5) is 62.0. The van der Waals surface area contributed by atoms with Crippen LogP contribution in [0.15, 0.2) is 79.1 Å². The molecule has 17 nitrogen and oxygen atoms in total. The molecule has 1 atom stereocenters. The number of carboxylic acid groups (broad SMARTS) is 1. The highest BCUT2D eigenvalue weighted by molar-refractivity contribution is 6.39. The number of halogens is 4. The fourth-order valence-electron chi connectivity index (χ4n) is 5.45. The van der Waals surface area contributed by atoms with Crippen LogP contribution in [0, 0.1) is 0 Å². The number of nitrogens with one attached hydrogen (secondary N) is 5. The van der Waals surface area contributed by atoms with Crippen LogP contribution < -0.4 is 31.3 Å². The fraction of sp³-hybridized carbons (Fsp3) is 0.250. The molecule has 0 aliphatic heterocycles. The standard InChI is InChI=1S/C36H33ClF3N11O6/c1-51-19-42-50-27(51)20-2-10-24(11-3-20)43-30(54)29(53)41-17-14-26(31(55)56)45-28(52)21-4-12-25(13-5-21)44-32-46-33(48-34(47-32)57-18-36(38,39)40)49-35(15-16-35)22-6-8-23(37)9-7-22/h2-13,19,26H,14-18H2,1H3,(H,41,53)(H,43,54)(H,45,52)(H,55,56)(H2,44,46,47,48,49). The summed E-state index contributed by atoms with van der Waals surface area (Å²) in [6.07, 6.45) is -1.97. The van der Waals surface area contributed by atoms with E-state index in [1.165, 1.54) is 30.6 Å². The number of carbonyl (C=O) groups is 4. The molecular formula is C36H33ClF3N11O6. The number of alkyl halides is 3. The molecular weight excluding hydrogens is 775 g/mol. The Kier molecular flexibility index (Phi) is 11.8. The zero-order valence-corrected chi connectivity index (χ0v) is 30.6. The van der Waals surface area contributed by atoms with Crippen molar-refractivity contribution in [3.63, 3.8) is 0 Å². The molecule has 1 saturated carbocycles. The second kappa shape index (κ2) is 16.9. The van der Waals surface area contributed by atoms with Crippen molar-refractivity contribution in [1.29, 1.82) is 0 Å². The van der Waals surface area contributed by atoms with Crippen LogP contribution in [0.5, 0.6) is 6.01 Å². The minimum Gasteiger partial charge on any atom is -0.480 e. The Hall–Kier alpha value is -6.83. The summed E-state index contributed by atoms with van der Waals surface area (Å²) in [6, 6.07) is 17.2. The van der Waals surface area contributed by atoms with E-state index in [4.69, 9.17) is 16.3 Å². The number of nitrogens with zero attached hydrogens (tertiary/aromatic N) is 6. The number of ether oxygens (including phenoxy) is 1. The molecule has 3 aromatic carbocycles. The summed E-state index contributed by atoms with van der Waals surface area (Å²) in [5.41, 5.74) is 1.77. The second-order valence-electron chi connectivity index (χ2n) is 12.8. The average molecular weight is 808 g/mol. The number of benzene rings is 3. The van der Waals surface area contributed by atoms with Gasteiger partial charge in [0.1, 0.15) is 12.4 Å². The summed E-state index contributed by atoms with van der Waals surface area (Å²) in [5, 5.41) is 31.2. The van der Waals surface area contributed by atoms with Gasteiger partial charge in [-0.25, -0.2) is 4.79 Å². The number of aromatic nitrogens is 6. The first-order valence-electron chi connectivity index (χ1n) is 17.1. The molecule has 296 valence electrons. The van der Waals surface area contributed by atoms with Crippen LogP contribution in [0.1, 0.15) is 35.2 Å². The lowest BCUT2D eigenvalue weighted by atomic mass is 10.1. The highest BCUT2D eigenvalue weighted by atomic mass is 35.5. The number of rotatable bonds is 15. The molecule has 0 spiro atoms. The molecule has 1 aliphatic rings. The Bertz CT molecular complexity index is 2250. The molecule has 3 amide bonds. The summed E-state index contributed by atoms with van der Waals surface area (Å²) < 4.78 is 45.4. The van der Waals surface area contributed by atoms with Crippen molar-refractivity contribution < 1.29 is 42.2 Å². The van der Waals surface area contributed by atoms with E-state index in [0.29, 0.717) is 35.1 Å². The molecule has 1 unspecified atom stereocenters. The Morgan fingerprint density at radius 1 is 0.912 bits per heavy atom. The first kappa shape index (κ1) is 39.9. The number of carbonyl (C=O) groups excluding carboxylic acids is 3. The van der Waals surface area contributed by atoms with Crippen LogP contribution in [0.2, 0.25) is 5.02 Å². The molecule has 0 saturated heterocycles. The fourth-order valence-corrected chi connectivity index (χ4v) is 5.58. The number of aliphatic carboxylic acids is 1. The van der Waals surface area contributed by atoms with Gasteiger partial charge in [-0.05, 0) is 85.5 Å². The maximum atomic E-state index is 13.0. The van der Waals surface area contributed by atoms with Crippen molar-refractivity contribution in [2.45, 2.75) is 37.0 Å². The van der Waals surface area contributed by atoms with E-state index in [0.717, 1.165) is 11.1 Å². The van der Waals surface area contributed by atoms with Crippen molar-refractivity contribution in [2.24, 2.45) is 7.05 Å². The van der Waals surface area contributed by atoms with Gasteiger partial charge in [0.2, 0.25) is 11.9 Å². The summed E-state index contributed by atoms with van der Waals surface area (Å²) in [6.45, 7) is -1.89. The van der Waals surface area contributed by atoms with Crippen LogP contribution >= 0.6 is 11.6 Å². The van der Waals surface area contributed by atoms with Crippen LogP contribution in [0.25, 0.3) is 11.4 Å². The minimum atomic E-state index is -4.65. The lowest BCUT2D eigenvalue weighted by Gasteiger charge is -2.19. The normalized spacial score (nSPS) is 13.5. The quantitative estimate of drug-likeness (QED) is 0.0806. The molecule has 1 aliphatic carbocycles. The van der Waals surface area contributed by atoms with Gasteiger partial charge < -0.3 is 41.0 Å². The second-order valence-corrected chi connectivity index (χ2v) is 13.2. The third kappa shape index (κ3) is 10.7. The monoisotopic (exact) mass is 807 g/mol. The largest absolute Gasteiger partial charge is 0.480 e. The van der Waals surface area contributed by atoms with E-state index >= 15 is 0 Å². The zero-order chi connectivity index (χ0) is 40.7. The van der Waals surface area contributed by atoms with E-state index in [-0.39, 0.29) is 30.4 Å². The number of amides is 3. The van der Waals surface area contributed by atoms with Gasteiger partial charge in [-0.15, -0.1) is 10.2 Å². The first-order chi connectivity index (χ1) is 27.2. The van der Waals surface area contributed by atoms with E-state index in [2.05, 4.69) is 51.7 Å². The van der Waals surface area contributed by atoms with Gasteiger partial charge in [-0.2, -0.15) is 28.1 Å². The number of hydrogen-bond acceptors (Lipinski definition) is 12. The topological polar surface area (TPSA) is 227 Å². The summed E-state index contributed by atoms with van der Waals surface area (Å²) >= 11 is 6.02. The molecule has 6 rings (SSSR count). The number of hydrogen-bond donors (Lipinski definition) is 6. The predicted molar refractivity (Wildman–Crippen MR) is 199 cm³/mol. The van der Waals surface area contributed by atoms with Crippen LogP contribution in [0.3, 0.4) is 0 Å². The van der Waals surface area contributed by atoms with E-state index in [1.807, 2.05) is 12.1 Å². The maximum Gasteiger partial charge on any atom is 0.422 e. The SMILES string of the molecule is Cn1cnnc1-c1ccc(NC(=O)C(=O)NCCC(NC(=O)c2ccc(Nc3nc(NC4(c5ccc(Cl)cc5)CC4)nc(OCC(F)(F)F)n3)cc2)C(=O)O)cc1. The lowest BCUT2D eigenvalue weighted by Crippen LogP contribution is -2.44. The first-order valence-corrected chi connectivity index (χ1v) is 17.5. The van der Waals surface area contributed by atoms with Gasteiger partial charge in [0.25, 0.3) is 5.91 Å². The van der Waals surface area contributed by atoms with E-state index < -0.39 is 54.1 Å². The van der Waals surface area contributed by atoms with E-state index in [1.54, 1.807) is 48.0 Å². The van der Waals surface area contributed by atoms with Gasteiger partial charge in [-0.1, -0.05) is 23.7 Å². The highest BCUT2D eigenvalue weighted by Crippen LogP contribution is 2.48. The number of anilines is 4. The van der Waals surface area contributed by atoms with Crippen LogP contribution in [-0.4, -0.2) is 83.9 Å². The minimum absolute atomic E-state index is 0.0467. The van der Waals surface area contributed by atoms with Crippen LogP contribution in [0.4, 0.5) is 36.4 Å². The molecule has 0 bridgehead atoms. The predicted octanol–water partition coefficient (Wildman–Crippen LogP) is 4.43. The number of carboxylic acids is 1. The lowest BCUT2D eigenvalue weighted by molar-refractivity contribution is -0.154. The molecule has 21 heteroatoms.